The SMILES string of the molecule is Cc1nc(N)ccc1C#CCC(=O)O. The van der Waals surface area contributed by atoms with Crippen LogP contribution >= 0.6 is 0 Å². The molecule has 1 heterocycles. The Bertz CT molecular complexity index is 416. The van der Waals surface area contributed by atoms with E-state index in [4.69, 9.17) is 10.8 Å². The minimum atomic E-state index is -0.932. The number of carbonyl (C=O) groups is 1. The molecule has 0 amide bonds. The zero-order chi connectivity index (χ0) is 10.6. The molecule has 0 unspecified atom stereocenters. The zero-order valence-electron chi connectivity index (χ0n) is 7.74. The molecule has 0 fully saturated rings. The molecule has 0 spiro atoms. The summed E-state index contributed by atoms with van der Waals surface area (Å²) in [5.74, 6) is 4.76. The van der Waals surface area contributed by atoms with Crippen LogP contribution in [-0.4, -0.2) is 16.1 Å². The van der Waals surface area contributed by atoms with Gasteiger partial charge in [0.2, 0.25) is 0 Å². The molecule has 4 nitrogen and oxygen atoms in total. The number of nitrogens with zero attached hydrogens (tertiary/aromatic N) is 1. The molecule has 0 aliphatic carbocycles. The minimum absolute atomic E-state index is 0.163. The Labute approximate surface area is 81.8 Å². The lowest BCUT2D eigenvalue weighted by Crippen LogP contribution is -1.94. The van der Waals surface area contributed by atoms with E-state index in [2.05, 4.69) is 16.8 Å². The van der Waals surface area contributed by atoms with E-state index in [1.807, 2.05) is 0 Å². The lowest BCUT2D eigenvalue weighted by atomic mass is 10.2. The molecule has 0 aliphatic heterocycles. The van der Waals surface area contributed by atoms with E-state index in [0.29, 0.717) is 17.1 Å². The number of pyridine rings is 1. The molecule has 1 rings (SSSR count). The Morgan fingerprint density at radius 1 is 1.64 bits per heavy atom. The monoisotopic (exact) mass is 190 g/mol. The predicted octanol–water partition coefficient (Wildman–Crippen LogP) is 0.798. The number of hydrogen-bond donors (Lipinski definition) is 2. The van der Waals surface area contributed by atoms with Crippen molar-refractivity contribution >= 4 is 11.8 Å². The average molecular weight is 190 g/mol. The van der Waals surface area contributed by atoms with Crippen molar-refractivity contribution in [2.24, 2.45) is 0 Å². The number of aliphatic carboxylic acids is 1. The van der Waals surface area contributed by atoms with Crippen LogP contribution in [-0.2, 0) is 4.79 Å². The molecule has 0 saturated carbocycles. The summed E-state index contributed by atoms with van der Waals surface area (Å²) in [6.07, 6.45) is -0.163. The molecule has 0 radical (unpaired) electrons. The minimum Gasteiger partial charge on any atom is -0.481 e. The molecule has 1 aromatic heterocycles. The first-order chi connectivity index (χ1) is 6.59. The smallest absolute Gasteiger partial charge is 0.315 e. The lowest BCUT2D eigenvalue weighted by molar-refractivity contribution is -0.135. The number of carboxylic acids is 1. The van der Waals surface area contributed by atoms with E-state index in [1.54, 1.807) is 19.1 Å². The molecule has 4 heteroatoms. The topological polar surface area (TPSA) is 76.2 Å². The largest absolute Gasteiger partial charge is 0.481 e. The number of carboxylic acid groups (broad SMARTS) is 1. The third-order valence-electron chi connectivity index (χ3n) is 1.57. The summed E-state index contributed by atoms with van der Waals surface area (Å²) in [4.78, 5) is 14.2. The molecule has 0 aliphatic rings. The maximum Gasteiger partial charge on any atom is 0.315 e. The molecule has 0 saturated heterocycles. The summed E-state index contributed by atoms with van der Waals surface area (Å²) in [5.41, 5.74) is 6.87. The summed E-state index contributed by atoms with van der Waals surface area (Å²) in [6.45, 7) is 1.78. The number of nitrogen functional groups attached to an aromatic ring is 1. The molecule has 0 aromatic carbocycles. The first-order valence-electron chi connectivity index (χ1n) is 4.03. The second-order valence-electron chi connectivity index (χ2n) is 2.74. The van der Waals surface area contributed by atoms with Crippen LogP contribution in [0.4, 0.5) is 5.82 Å². The van der Waals surface area contributed by atoms with E-state index in [1.165, 1.54) is 0 Å². The van der Waals surface area contributed by atoms with Gasteiger partial charge in [-0.3, -0.25) is 4.79 Å². The summed E-state index contributed by atoms with van der Waals surface area (Å²) in [6, 6.07) is 3.37. The maximum atomic E-state index is 10.2. The number of anilines is 1. The van der Waals surface area contributed by atoms with Gasteiger partial charge in [-0.15, -0.1) is 0 Å². The first-order valence-corrected chi connectivity index (χ1v) is 4.03. The molecular weight excluding hydrogens is 180 g/mol. The Kier molecular flexibility index (Phi) is 3.08. The quantitative estimate of drug-likeness (QED) is 0.642. The molecule has 0 atom stereocenters. The van der Waals surface area contributed by atoms with Gasteiger partial charge < -0.3 is 10.8 Å². The van der Waals surface area contributed by atoms with E-state index >= 15 is 0 Å². The normalized spacial score (nSPS) is 8.93. The van der Waals surface area contributed by atoms with Gasteiger partial charge in [0, 0.05) is 5.56 Å². The second-order valence-corrected chi connectivity index (χ2v) is 2.74. The van der Waals surface area contributed by atoms with Gasteiger partial charge >= 0.3 is 5.97 Å². The summed E-state index contributed by atoms with van der Waals surface area (Å²) >= 11 is 0. The fraction of sp³-hybridized carbons (Fsp3) is 0.200. The van der Waals surface area contributed by atoms with Gasteiger partial charge in [-0.25, -0.2) is 4.98 Å². The maximum absolute atomic E-state index is 10.2. The van der Waals surface area contributed by atoms with Crippen molar-refractivity contribution in [3.8, 4) is 11.8 Å². The van der Waals surface area contributed by atoms with Crippen molar-refractivity contribution in [2.45, 2.75) is 13.3 Å². The van der Waals surface area contributed by atoms with Gasteiger partial charge in [0.05, 0.1) is 5.69 Å². The third-order valence-corrected chi connectivity index (χ3v) is 1.57. The first kappa shape index (κ1) is 10.1. The van der Waals surface area contributed by atoms with Crippen LogP contribution in [0.1, 0.15) is 17.7 Å². The van der Waals surface area contributed by atoms with Gasteiger partial charge in [0.25, 0.3) is 0 Å². The van der Waals surface area contributed by atoms with Crippen LogP contribution in [0.3, 0.4) is 0 Å². The lowest BCUT2D eigenvalue weighted by Gasteiger charge is -1.97. The fourth-order valence-electron chi connectivity index (χ4n) is 0.928. The van der Waals surface area contributed by atoms with Crippen molar-refractivity contribution in [2.75, 3.05) is 5.73 Å². The van der Waals surface area contributed by atoms with Gasteiger partial charge in [-0.1, -0.05) is 11.8 Å². The van der Waals surface area contributed by atoms with Crippen molar-refractivity contribution in [3.63, 3.8) is 0 Å². The van der Waals surface area contributed by atoms with Gasteiger partial charge in [0.1, 0.15) is 12.2 Å². The number of nitrogens with two attached hydrogens (primary N) is 1. The molecule has 72 valence electrons. The van der Waals surface area contributed by atoms with Crippen molar-refractivity contribution < 1.29 is 9.90 Å². The number of aryl methyl sites for hydroxylation is 1. The molecule has 14 heavy (non-hydrogen) atoms. The average Bonchev–Trinajstić information content (AvgIpc) is 2.08. The van der Waals surface area contributed by atoms with Crippen LogP contribution in [0.15, 0.2) is 12.1 Å². The Hall–Kier alpha value is -2.02. The standard InChI is InChI=1S/C10H10N2O2/c1-7-8(3-2-4-10(13)14)5-6-9(11)12-7/h5-6H,4H2,1H3,(H2,11,12)(H,13,14). The van der Waals surface area contributed by atoms with E-state index < -0.39 is 5.97 Å². The molecule has 3 N–H and O–H groups in total. The van der Waals surface area contributed by atoms with Gasteiger partial charge in [-0.2, -0.15) is 0 Å². The molecular formula is C10H10N2O2. The van der Waals surface area contributed by atoms with E-state index in [-0.39, 0.29) is 6.42 Å². The number of aromatic nitrogens is 1. The van der Waals surface area contributed by atoms with Crippen molar-refractivity contribution in [3.05, 3.63) is 23.4 Å². The van der Waals surface area contributed by atoms with E-state index in [0.717, 1.165) is 0 Å². The Balaban J connectivity index is 2.85. The third kappa shape index (κ3) is 2.79. The highest BCUT2D eigenvalue weighted by molar-refractivity contribution is 5.70. The van der Waals surface area contributed by atoms with Crippen LogP contribution in [0.2, 0.25) is 0 Å². The second kappa shape index (κ2) is 4.28. The van der Waals surface area contributed by atoms with Crippen molar-refractivity contribution in [1.82, 2.24) is 4.98 Å². The van der Waals surface area contributed by atoms with Crippen LogP contribution in [0.5, 0.6) is 0 Å². The Morgan fingerprint density at radius 2 is 2.36 bits per heavy atom. The molecule has 1 aromatic rings. The predicted molar refractivity (Wildman–Crippen MR) is 52.5 cm³/mol. The Morgan fingerprint density at radius 3 is 2.93 bits per heavy atom. The van der Waals surface area contributed by atoms with Crippen LogP contribution in [0, 0.1) is 18.8 Å². The van der Waals surface area contributed by atoms with Crippen LogP contribution in [0.25, 0.3) is 0 Å². The number of hydrogen-bond acceptors (Lipinski definition) is 3. The van der Waals surface area contributed by atoms with Gasteiger partial charge in [-0.05, 0) is 19.1 Å². The highest BCUT2D eigenvalue weighted by Crippen LogP contribution is 2.05. The van der Waals surface area contributed by atoms with Crippen LogP contribution < -0.4 is 5.73 Å². The molecule has 0 bridgehead atoms. The van der Waals surface area contributed by atoms with E-state index in [9.17, 15) is 4.79 Å². The highest BCUT2D eigenvalue weighted by Gasteiger charge is 1.96. The summed E-state index contributed by atoms with van der Waals surface area (Å²) in [5, 5.41) is 8.37. The number of rotatable bonds is 1. The summed E-state index contributed by atoms with van der Waals surface area (Å²) in [7, 11) is 0. The fourth-order valence-corrected chi connectivity index (χ4v) is 0.928. The highest BCUT2D eigenvalue weighted by atomic mass is 16.4. The summed E-state index contributed by atoms with van der Waals surface area (Å²) < 4.78 is 0. The van der Waals surface area contributed by atoms with Crippen molar-refractivity contribution in [1.29, 1.82) is 0 Å². The van der Waals surface area contributed by atoms with Gasteiger partial charge in [0.15, 0.2) is 0 Å². The zero-order valence-corrected chi connectivity index (χ0v) is 7.74.